The van der Waals surface area contributed by atoms with Gasteiger partial charge in [0.15, 0.2) is 0 Å². The molecule has 1 aliphatic rings. The molecule has 76 valence electrons. The molecule has 1 atom stereocenters. The number of benzene rings is 1. The minimum absolute atomic E-state index is 0.0980. The average Bonchev–Trinajstić information content (AvgIpc) is 2.85. The summed E-state index contributed by atoms with van der Waals surface area (Å²) < 4.78 is 0. The molecule has 0 radical (unpaired) electrons. The molecule has 1 unspecified atom stereocenters. The van der Waals surface area contributed by atoms with Crippen molar-refractivity contribution >= 4 is 0 Å². The third kappa shape index (κ3) is 1.36. The zero-order valence-corrected chi connectivity index (χ0v) is 9.17. The fraction of sp³-hybridized carbons (Fsp3) is 0.538. The Hall–Kier alpha value is -0.820. The summed E-state index contributed by atoms with van der Waals surface area (Å²) in [5.74, 6) is 0. The van der Waals surface area contributed by atoms with E-state index in [-0.39, 0.29) is 5.41 Å². The Morgan fingerprint density at radius 3 is 2.50 bits per heavy atom. The number of hydrogen-bond donors (Lipinski definition) is 1. The second-order valence-electron chi connectivity index (χ2n) is 5.00. The molecule has 0 amide bonds. The molecule has 0 aromatic heterocycles. The predicted octanol–water partition coefficient (Wildman–Crippen LogP) is 3.00. The van der Waals surface area contributed by atoms with Crippen LogP contribution >= 0.6 is 0 Å². The smallest absolute Gasteiger partial charge is 0.0921 e. The third-order valence-electron chi connectivity index (χ3n) is 3.76. The Bertz CT molecular complexity index is 348. The maximum atomic E-state index is 10.5. The fourth-order valence-electron chi connectivity index (χ4n) is 1.97. The van der Waals surface area contributed by atoms with E-state index in [4.69, 9.17) is 0 Å². The number of aliphatic hydroxyl groups is 1. The van der Waals surface area contributed by atoms with Crippen LogP contribution in [0.2, 0.25) is 0 Å². The van der Waals surface area contributed by atoms with Crippen molar-refractivity contribution in [3.05, 3.63) is 35.4 Å². The lowest BCUT2D eigenvalue weighted by atomic mass is 9.81. The third-order valence-corrected chi connectivity index (χ3v) is 3.76. The van der Waals surface area contributed by atoms with E-state index in [0.29, 0.717) is 0 Å². The van der Waals surface area contributed by atoms with Gasteiger partial charge in [-0.1, -0.05) is 36.8 Å². The van der Waals surface area contributed by atoms with Crippen molar-refractivity contribution in [2.45, 2.75) is 39.2 Å². The van der Waals surface area contributed by atoms with Gasteiger partial charge in [-0.15, -0.1) is 0 Å². The van der Waals surface area contributed by atoms with Gasteiger partial charge >= 0.3 is 0 Å². The molecule has 1 fully saturated rings. The Labute approximate surface area is 85.8 Å². The van der Waals surface area contributed by atoms with Crippen LogP contribution in [0.25, 0.3) is 0 Å². The Morgan fingerprint density at radius 1 is 1.36 bits per heavy atom. The zero-order valence-electron chi connectivity index (χ0n) is 9.17. The second kappa shape index (κ2) is 2.83. The quantitative estimate of drug-likeness (QED) is 0.760. The van der Waals surface area contributed by atoms with E-state index in [2.05, 4.69) is 26.0 Å². The van der Waals surface area contributed by atoms with Crippen LogP contribution in [0, 0.1) is 12.3 Å². The monoisotopic (exact) mass is 190 g/mol. The van der Waals surface area contributed by atoms with Crippen LogP contribution in [0.1, 0.15) is 37.8 Å². The van der Waals surface area contributed by atoms with Gasteiger partial charge in [-0.3, -0.25) is 0 Å². The summed E-state index contributed by atoms with van der Waals surface area (Å²) in [6.45, 7) is 6.17. The van der Waals surface area contributed by atoms with Crippen LogP contribution in [0.15, 0.2) is 24.3 Å². The van der Waals surface area contributed by atoms with E-state index < -0.39 is 5.60 Å². The van der Waals surface area contributed by atoms with E-state index in [1.165, 1.54) is 5.56 Å². The van der Waals surface area contributed by atoms with Gasteiger partial charge in [0.2, 0.25) is 0 Å². The van der Waals surface area contributed by atoms with Gasteiger partial charge in [-0.05, 0) is 32.3 Å². The van der Waals surface area contributed by atoms with E-state index in [1.54, 1.807) is 0 Å². The lowest BCUT2D eigenvalue weighted by Gasteiger charge is -2.31. The molecule has 1 heteroatoms. The minimum atomic E-state index is -0.668. The van der Waals surface area contributed by atoms with Crippen LogP contribution in [0.3, 0.4) is 0 Å². The molecule has 1 saturated carbocycles. The van der Waals surface area contributed by atoms with Gasteiger partial charge in [0, 0.05) is 5.41 Å². The largest absolute Gasteiger partial charge is 0.385 e. The molecule has 0 heterocycles. The first-order chi connectivity index (χ1) is 6.46. The summed E-state index contributed by atoms with van der Waals surface area (Å²) in [5.41, 5.74) is 1.70. The first-order valence-corrected chi connectivity index (χ1v) is 5.25. The van der Waals surface area contributed by atoms with Crippen LogP contribution in [-0.4, -0.2) is 5.11 Å². The Balaban J connectivity index is 2.38. The van der Waals surface area contributed by atoms with Gasteiger partial charge in [0.1, 0.15) is 0 Å². The molecule has 14 heavy (non-hydrogen) atoms. The summed E-state index contributed by atoms with van der Waals surface area (Å²) in [7, 11) is 0. The highest BCUT2D eigenvalue weighted by molar-refractivity contribution is 5.30. The van der Waals surface area contributed by atoms with Gasteiger partial charge in [-0.25, -0.2) is 0 Å². The maximum absolute atomic E-state index is 10.5. The first-order valence-electron chi connectivity index (χ1n) is 5.25. The zero-order chi connectivity index (χ0) is 10.4. The molecule has 0 bridgehead atoms. The number of aryl methyl sites for hydroxylation is 1. The molecule has 1 aliphatic carbocycles. The van der Waals surface area contributed by atoms with Crippen LogP contribution < -0.4 is 0 Å². The summed E-state index contributed by atoms with van der Waals surface area (Å²) >= 11 is 0. The molecule has 2 rings (SSSR count). The summed E-state index contributed by atoms with van der Waals surface area (Å²) in [4.78, 5) is 0. The molecule has 0 spiro atoms. The molecule has 1 aromatic carbocycles. The van der Waals surface area contributed by atoms with E-state index >= 15 is 0 Å². The lowest BCUT2D eigenvalue weighted by Crippen LogP contribution is -2.31. The highest BCUT2D eigenvalue weighted by Gasteiger charge is 2.52. The van der Waals surface area contributed by atoms with Crippen molar-refractivity contribution in [1.82, 2.24) is 0 Å². The van der Waals surface area contributed by atoms with Crippen molar-refractivity contribution in [2.75, 3.05) is 0 Å². The van der Waals surface area contributed by atoms with Crippen molar-refractivity contribution in [3.8, 4) is 0 Å². The van der Waals surface area contributed by atoms with Crippen LogP contribution in [0.4, 0.5) is 0 Å². The normalized spacial score (nSPS) is 22.9. The molecule has 0 aliphatic heterocycles. The summed E-state index contributed by atoms with van der Waals surface area (Å²) in [6, 6.07) is 8.19. The standard InChI is InChI=1S/C13H18O/c1-10-5-4-6-11(9-10)13(3,14)12(2)7-8-12/h4-6,9,14H,7-8H2,1-3H3. The van der Waals surface area contributed by atoms with E-state index in [1.807, 2.05) is 19.1 Å². The molecule has 1 N–H and O–H groups in total. The van der Waals surface area contributed by atoms with Crippen LogP contribution in [0.5, 0.6) is 0 Å². The summed E-state index contributed by atoms with van der Waals surface area (Å²) in [5, 5.41) is 10.5. The Kier molecular flexibility index (Phi) is 1.97. The first kappa shape index (κ1) is 9.72. The predicted molar refractivity (Wildman–Crippen MR) is 58.1 cm³/mol. The summed E-state index contributed by atoms with van der Waals surface area (Å²) in [6.07, 6.45) is 2.27. The second-order valence-corrected chi connectivity index (χ2v) is 5.00. The van der Waals surface area contributed by atoms with Crippen molar-refractivity contribution in [1.29, 1.82) is 0 Å². The topological polar surface area (TPSA) is 20.2 Å². The van der Waals surface area contributed by atoms with Gasteiger partial charge in [-0.2, -0.15) is 0 Å². The van der Waals surface area contributed by atoms with Crippen molar-refractivity contribution in [3.63, 3.8) is 0 Å². The highest BCUT2D eigenvalue weighted by atomic mass is 16.3. The average molecular weight is 190 g/mol. The number of rotatable bonds is 2. The Morgan fingerprint density at radius 2 is 2.00 bits per heavy atom. The van der Waals surface area contributed by atoms with Crippen molar-refractivity contribution < 1.29 is 5.11 Å². The maximum Gasteiger partial charge on any atom is 0.0921 e. The molecular formula is C13H18O. The molecule has 0 saturated heterocycles. The molecule has 1 nitrogen and oxygen atoms in total. The van der Waals surface area contributed by atoms with Gasteiger partial charge in [0.25, 0.3) is 0 Å². The minimum Gasteiger partial charge on any atom is -0.385 e. The van der Waals surface area contributed by atoms with Gasteiger partial charge in [0.05, 0.1) is 5.60 Å². The molecule has 1 aromatic rings. The SMILES string of the molecule is Cc1cccc(C(C)(O)C2(C)CC2)c1. The highest BCUT2D eigenvalue weighted by Crippen LogP contribution is 2.57. The number of hydrogen-bond acceptors (Lipinski definition) is 1. The molecular weight excluding hydrogens is 172 g/mol. The van der Waals surface area contributed by atoms with Crippen molar-refractivity contribution in [2.24, 2.45) is 5.41 Å². The van der Waals surface area contributed by atoms with E-state index in [9.17, 15) is 5.11 Å². The fourth-order valence-corrected chi connectivity index (χ4v) is 1.97. The van der Waals surface area contributed by atoms with Gasteiger partial charge < -0.3 is 5.11 Å². The van der Waals surface area contributed by atoms with E-state index in [0.717, 1.165) is 18.4 Å². The van der Waals surface area contributed by atoms with Crippen LogP contribution in [-0.2, 0) is 5.60 Å². The lowest BCUT2D eigenvalue weighted by molar-refractivity contribution is -0.0127.